The second-order valence-electron chi connectivity index (χ2n) is 11.4. The molecule has 1 aliphatic rings. The Morgan fingerprint density at radius 3 is 2.33 bits per heavy atom. The molecule has 0 aliphatic heterocycles. The maximum atomic E-state index is 14.0. The molecule has 2 aromatic carbocycles. The Labute approximate surface area is 243 Å². The molecule has 8 nitrogen and oxygen atoms in total. The van der Waals surface area contributed by atoms with E-state index < -0.39 is 44.3 Å². The maximum Gasteiger partial charge on any atom is 0.417 e. The van der Waals surface area contributed by atoms with Gasteiger partial charge >= 0.3 is 12.1 Å². The highest BCUT2D eigenvalue weighted by Crippen LogP contribution is 2.39. The summed E-state index contributed by atoms with van der Waals surface area (Å²) in [5, 5.41) is 23.1. The molecule has 0 saturated heterocycles. The third kappa shape index (κ3) is 7.35. The highest BCUT2D eigenvalue weighted by molar-refractivity contribution is 7.89. The number of aliphatic hydroxyl groups excluding tert-OH is 1. The summed E-state index contributed by atoms with van der Waals surface area (Å²) in [7, 11) is -3.21. The Balaban J connectivity index is 1.43. The summed E-state index contributed by atoms with van der Waals surface area (Å²) >= 11 is 0. The third-order valence-corrected chi connectivity index (χ3v) is 9.34. The lowest BCUT2D eigenvalue weighted by molar-refractivity contribution is -0.137. The molecule has 0 fully saturated rings. The number of aliphatic hydroxyl groups is 1. The first-order valence-electron chi connectivity index (χ1n) is 13.4. The van der Waals surface area contributed by atoms with E-state index in [0.29, 0.717) is 12.0 Å². The number of hydrogen-bond acceptors (Lipinski definition) is 6. The number of nitrogens with one attached hydrogen (secondary N) is 1. The minimum Gasteiger partial charge on any atom is -0.478 e. The van der Waals surface area contributed by atoms with E-state index in [0.717, 1.165) is 54.2 Å². The minimum absolute atomic E-state index is 0.0895. The van der Waals surface area contributed by atoms with Crippen LogP contribution in [0.4, 0.5) is 13.2 Å². The van der Waals surface area contributed by atoms with Gasteiger partial charge in [0.25, 0.3) is 0 Å². The number of hydrogen-bond donors (Lipinski definition) is 3. The number of halogens is 3. The normalized spacial score (nSPS) is 15.1. The Bertz CT molecular complexity index is 1530. The average molecular weight is 606 g/mol. The fraction of sp³-hybridized carbons (Fsp3) is 0.400. The Kier molecular flexibility index (Phi) is 9.12. The van der Waals surface area contributed by atoms with Crippen molar-refractivity contribution in [3.8, 4) is 11.1 Å². The van der Waals surface area contributed by atoms with E-state index >= 15 is 0 Å². The zero-order chi connectivity index (χ0) is 30.9. The van der Waals surface area contributed by atoms with Gasteiger partial charge in [-0.2, -0.15) is 17.5 Å². The zero-order valence-electron chi connectivity index (χ0n) is 23.5. The first kappa shape index (κ1) is 31.6. The second kappa shape index (κ2) is 12.1. The third-order valence-electron chi connectivity index (χ3n) is 7.52. The van der Waals surface area contributed by atoms with Crippen LogP contribution in [0.25, 0.3) is 11.1 Å². The van der Waals surface area contributed by atoms with Crippen molar-refractivity contribution in [2.75, 3.05) is 20.1 Å². The van der Waals surface area contributed by atoms with Crippen LogP contribution in [-0.2, 0) is 29.0 Å². The van der Waals surface area contributed by atoms with Crippen molar-refractivity contribution in [2.24, 2.45) is 5.92 Å². The molecule has 0 amide bonds. The number of pyridine rings is 1. The number of carbonyl (C=O) groups is 1. The van der Waals surface area contributed by atoms with Crippen molar-refractivity contribution in [1.82, 2.24) is 14.6 Å². The quantitative estimate of drug-likeness (QED) is 0.292. The molecule has 0 radical (unpaired) electrons. The number of carboxylic acids is 1. The number of nitrogens with zero attached hydrogens (tertiary/aromatic N) is 2. The summed E-state index contributed by atoms with van der Waals surface area (Å²) in [6.45, 7) is 3.79. The number of carboxylic acid groups (broad SMARTS) is 1. The summed E-state index contributed by atoms with van der Waals surface area (Å²) in [5.74, 6) is -0.919. The van der Waals surface area contributed by atoms with Gasteiger partial charge in [-0.3, -0.25) is 4.98 Å². The fourth-order valence-electron chi connectivity index (χ4n) is 5.50. The monoisotopic (exact) mass is 605 g/mol. The minimum atomic E-state index is -4.94. The number of sulfonamides is 1. The van der Waals surface area contributed by atoms with Crippen LogP contribution in [0.2, 0.25) is 0 Å². The van der Waals surface area contributed by atoms with E-state index in [-0.39, 0.29) is 29.8 Å². The molecule has 0 bridgehead atoms. The largest absolute Gasteiger partial charge is 0.478 e. The lowest BCUT2D eigenvalue weighted by atomic mass is 9.88. The van der Waals surface area contributed by atoms with Gasteiger partial charge in [-0.1, -0.05) is 30.3 Å². The molecular formula is C30H34F3N3O5S. The molecule has 0 saturated carbocycles. The number of benzene rings is 2. The number of aromatic carboxylic acids is 1. The standard InChI is InChI=1S/C30H34F3N3O5S/c1-29(2,14-19-10-20-6-4-5-7-21(20)11-19)35-17-24(37)18-36(3)42(40,41)25-8-9-26(27(13-25)30(31,32)33)22-12-23(28(38)39)16-34-15-22/h4-9,12-13,15-16,19,24,35,37H,10-11,14,17-18H2,1-3H3,(H,38,39). The van der Waals surface area contributed by atoms with Crippen LogP contribution in [-0.4, -0.2) is 65.7 Å². The van der Waals surface area contributed by atoms with E-state index in [1.807, 2.05) is 26.0 Å². The second-order valence-corrected chi connectivity index (χ2v) is 13.5. The molecule has 3 aromatic rings. The van der Waals surface area contributed by atoms with Crippen molar-refractivity contribution in [2.45, 2.75) is 55.8 Å². The number of rotatable bonds is 11. The molecule has 42 heavy (non-hydrogen) atoms. The predicted molar refractivity (Wildman–Crippen MR) is 151 cm³/mol. The lowest BCUT2D eigenvalue weighted by Gasteiger charge is -2.31. The van der Waals surface area contributed by atoms with Crippen LogP contribution < -0.4 is 5.32 Å². The summed E-state index contributed by atoms with van der Waals surface area (Å²) in [6.07, 6.45) is -1.17. The van der Waals surface area contributed by atoms with Crippen LogP contribution in [0.3, 0.4) is 0 Å². The zero-order valence-corrected chi connectivity index (χ0v) is 24.3. The van der Waals surface area contributed by atoms with Gasteiger partial charge in [-0.15, -0.1) is 0 Å². The van der Waals surface area contributed by atoms with Crippen molar-refractivity contribution in [3.63, 3.8) is 0 Å². The van der Waals surface area contributed by atoms with Gasteiger partial charge in [-0.05, 0) is 73.9 Å². The topological polar surface area (TPSA) is 120 Å². The van der Waals surface area contributed by atoms with Crippen molar-refractivity contribution in [1.29, 1.82) is 0 Å². The smallest absolute Gasteiger partial charge is 0.417 e. The van der Waals surface area contributed by atoms with Crippen molar-refractivity contribution in [3.05, 3.63) is 83.2 Å². The number of likely N-dealkylation sites (N-methyl/N-ethyl adjacent to an activating group) is 1. The summed E-state index contributed by atoms with van der Waals surface area (Å²) in [4.78, 5) is 14.4. The molecule has 1 unspecified atom stereocenters. The van der Waals surface area contributed by atoms with Gasteiger partial charge in [0.1, 0.15) is 0 Å². The van der Waals surface area contributed by atoms with Gasteiger partial charge in [0.15, 0.2) is 0 Å². The number of alkyl halides is 3. The number of β-amino-alcohol motifs (C(OH)–C–C–N with tert-alkyl or cyclic N) is 1. The van der Waals surface area contributed by atoms with Crippen LogP contribution in [0, 0.1) is 5.92 Å². The molecule has 226 valence electrons. The Morgan fingerprint density at radius 2 is 1.74 bits per heavy atom. The van der Waals surface area contributed by atoms with Crippen LogP contribution in [0.1, 0.15) is 47.3 Å². The average Bonchev–Trinajstić information content (AvgIpc) is 3.32. The van der Waals surface area contributed by atoms with Crippen LogP contribution >= 0.6 is 0 Å². The van der Waals surface area contributed by atoms with Crippen molar-refractivity contribution >= 4 is 16.0 Å². The molecule has 1 aliphatic carbocycles. The fourth-order valence-corrected chi connectivity index (χ4v) is 6.73. The van der Waals surface area contributed by atoms with E-state index in [9.17, 15) is 36.6 Å². The predicted octanol–water partition coefficient (Wildman–Crippen LogP) is 4.62. The van der Waals surface area contributed by atoms with Crippen LogP contribution in [0.5, 0.6) is 0 Å². The lowest BCUT2D eigenvalue weighted by Crippen LogP contribution is -2.47. The molecule has 1 heterocycles. The van der Waals surface area contributed by atoms with E-state index in [4.69, 9.17) is 0 Å². The number of aromatic nitrogens is 1. The molecular weight excluding hydrogens is 571 g/mol. The maximum absolute atomic E-state index is 14.0. The van der Waals surface area contributed by atoms with Gasteiger partial charge in [-0.25, -0.2) is 13.2 Å². The summed E-state index contributed by atoms with van der Waals surface area (Å²) in [5.41, 5.74) is 0.266. The molecule has 1 atom stereocenters. The molecule has 4 rings (SSSR count). The summed E-state index contributed by atoms with van der Waals surface area (Å²) < 4.78 is 69.3. The van der Waals surface area contributed by atoms with Gasteiger partial charge in [0.05, 0.1) is 22.1 Å². The highest BCUT2D eigenvalue weighted by Gasteiger charge is 2.36. The van der Waals surface area contributed by atoms with E-state index in [1.165, 1.54) is 18.2 Å². The van der Waals surface area contributed by atoms with Gasteiger partial charge < -0.3 is 15.5 Å². The number of fused-ring (bicyclic) bond motifs is 1. The van der Waals surface area contributed by atoms with Crippen molar-refractivity contribution < 1.29 is 36.6 Å². The summed E-state index contributed by atoms with van der Waals surface area (Å²) in [6, 6.07) is 11.9. The first-order chi connectivity index (χ1) is 19.6. The van der Waals surface area contributed by atoms with Gasteiger partial charge in [0, 0.05) is 43.6 Å². The molecule has 12 heteroatoms. The molecule has 0 spiro atoms. The Hall–Kier alpha value is -3.32. The SMILES string of the molecule is CN(CC(O)CNC(C)(C)CC1Cc2ccccc2C1)S(=O)(=O)c1ccc(-c2cncc(C(=O)O)c2)c(C(F)(F)F)c1. The Morgan fingerprint density at radius 1 is 1.10 bits per heavy atom. The first-order valence-corrected chi connectivity index (χ1v) is 14.9. The van der Waals surface area contributed by atoms with E-state index in [2.05, 4.69) is 22.4 Å². The van der Waals surface area contributed by atoms with Crippen LogP contribution in [0.15, 0.2) is 65.8 Å². The van der Waals surface area contributed by atoms with Gasteiger partial charge in [0.2, 0.25) is 10.0 Å². The van der Waals surface area contributed by atoms with E-state index in [1.54, 1.807) is 0 Å². The highest BCUT2D eigenvalue weighted by atomic mass is 32.2. The molecule has 3 N–H and O–H groups in total. The molecule has 1 aromatic heterocycles.